The standard InChI is InChI=1S/C11H16OS/c1-4-5-9(12)11-7-6-10(13-11)8(2)3/h6-8H,4-5H2,1-3H3. The Bertz CT molecular complexity index is 286. The maximum Gasteiger partial charge on any atom is 0.172 e. The lowest BCUT2D eigenvalue weighted by Gasteiger charge is -1.97. The summed E-state index contributed by atoms with van der Waals surface area (Å²) in [6.45, 7) is 6.34. The van der Waals surface area contributed by atoms with Crippen LogP contribution in [0.4, 0.5) is 0 Å². The Labute approximate surface area is 83.8 Å². The summed E-state index contributed by atoms with van der Waals surface area (Å²) in [6.07, 6.45) is 1.62. The SMILES string of the molecule is CCCC(=O)c1ccc(C(C)C)s1. The van der Waals surface area contributed by atoms with Crippen LogP contribution >= 0.6 is 11.3 Å². The van der Waals surface area contributed by atoms with Crippen molar-refractivity contribution >= 4 is 17.1 Å². The molecule has 1 aromatic heterocycles. The van der Waals surface area contributed by atoms with E-state index in [-0.39, 0.29) is 0 Å². The smallest absolute Gasteiger partial charge is 0.172 e. The molecule has 72 valence electrons. The highest BCUT2D eigenvalue weighted by Crippen LogP contribution is 2.25. The van der Waals surface area contributed by atoms with Gasteiger partial charge in [0, 0.05) is 11.3 Å². The van der Waals surface area contributed by atoms with E-state index < -0.39 is 0 Å². The lowest BCUT2D eigenvalue weighted by atomic mass is 10.2. The molecular weight excluding hydrogens is 180 g/mol. The summed E-state index contributed by atoms with van der Waals surface area (Å²) in [4.78, 5) is 13.7. The Morgan fingerprint density at radius 3 is 2.62 bits per heavy atom. The van der Waals surface area contributed by atoms with Crippen molar-refractivity contribution in [2.24, 2.45) is 0 Å². The second kappa shape index (κ2) is 4.56. The third kappa shape index (κ3) is 2.66. The first-order valence-corrected chi connectivity index (χ1v) is 5.59. The second-order valence-corrected chi connectivity index (χ2v) is 4.65. The van der Waals surface area contributed by atoms with Crippen molar-refractivity contribution in [3.05, 3.63) is 21.9 Å². The fourth-order valence-electron chi connectivity index (χ4n) is 1.16. The van der Waals surface area contributed by atoms with Crippen LogP contribution in [0.1, 0.15) is 54.1 Å². The van der Waals surface area contributed by atoms with E-state index in [0.29, 0.717) is 18.1 Å². The van der Waals surface area contributed by atoms with Gasteiger partial charge in [0.1, 0.15) is 0 Å². The molecule has 0 aliphatic heterocycles. The van der Waals surface area contributed by atoms with E-state index in [1.54, 1.807) is 11.3 Å². The molecule has 0 aliphatic carbocycles. The number of Topliss-reactive ketones (excluding diaryl/α,β-unsaturated/α-hetero) is 1. The number of carbonyl (C=O) groups excluding carboxylic acids is 1. The molecule has 0 atom stereocenters. The van der Waals surface area contributed by atoms with Crippen LogP contribution in [0.25, 0.3) is 0 Å². The van der Waals surface area contributed by atoms with Crippen molar-refractivity contribution in [1.29, 1.82) is 0 Å². The van der Waals surface area contributed by atoms with Gasteiger partial charge in [0.05, 0.1) is 4.88 Å². The van der Waals surface area contributed by atoms with Gasteiger partial charge in [-0.15, -0.1) is 11.3 Å². The van der Waals surface area contributed by atoms with Gasteiger partial charge in [-0.25, -0.2) is 0 Å². The molecule has 0 saturated carbocycles. The molecule has 13 heavy (non-hydrogen) atoms. The summed E-state index contributed by atoms with van der Waals surface area (Å²) in [6, 6.07) is 4.02. The van der Waals surface area contributed by atoms with Gasteiger partial charge in [0.25, 0.3) is 0 Å². The zero-order valence-electron chi connectivity index (χ0n) is 8.46. The van der Waals surface area contributed by atoms with E-state index in [1.165, 1.54) is 4.88 Å². The molecule has 0 fully saturated rings. The molecule has 0 amide bonds. The van der Waals surface area contributed by atoms with Crippen LogP contribution in [0, 0.1) is 0 Å². The summed E-state index contributed by atoms with van der Waals surface area (Å²) in [5.41, 5.74) is 0. The Morgan fingerprint density at radius 2 is 2.15 bits per heavy atom. The predicted octanol–water partition coefficient (Wildman–Crippen LogP) is 3.85. The Hall–Kier alpha value is -0.630. The molecule has 0 saturated heterocycles. The fourth-order valence-corrected chi connectivity index (χ4v) is 2.14. The van der Waals surface area contributed by atoms with E-state index in [4.69, 9.17) is 0 Å². The molecule has 1 nitrogen and oxygen atoms in total. The maximum atomic E-state index is 11.5. The number of rotatable bonds is 4. The van der Waals surface area contributed by atoms with Crippen LogP contribution < -0.4 is 0 Å². The average Bonchev–Trinajstić information content (AvgIpc) is 2.52. The molecule has 0 unspecified atom stereocenters. The van der Waals surface area contributed by atoms with Crippen molar-refractivity contribution in [1.82, 2.24) is 0 Å². The van der Waals surface area contributed by atoms with Crippen LogP contribution in [0.15, 0.2) is 12.1 Å². The summed E-state index contributed by atoms with van der Waals surface area (Å²) < 4.78 is 0. The topological polar surface area (TPSA) is 17.1 Å². The zero-order valence-corrected chi connectivity index (χ0v) is 9.28. The second-order valence-electron chi connectivity index (χ2n) is 3.53. The lowest BCUT2D eigenvalue weighted by Crippen LogP contribution is -1.93. The first-order valence-electron chi connectivity index (χ1n) is 4.78. The highest BCUT2D eigenvalue weighted by Gasteiger charge is 2.09. The van der Waals surface area contributed by atoms with Gasteiger partial charge >= 0.3 is 0 Å². The largest absolute Gasteiger partial charge is 0.293 e. The third-order valence-electron chi connectivity index (χ3n) is 1.95. The van der Waals surface area contributed by atoms with Gasteiger partial charge in [-0.3, -0.25) is 4.79 Å². The van der Waals surface area contributed by atoms with Gasteiger partial charge in [-0.05, 0) is 24.5 Å². The highest BCUT2D eigenvalue weighted by molar-refractivity contribution is 7.14. The molecular formula is C11H16OS. The zero-order chi connectivity index (χ0) is 9.84. The van der Waals surface area contributed by atoms with Crippen molar-refractivity contribution < 1.29 is 4.79 Å². The van der Waals surface area contributed by atoms with Crippen molar-refractivity contribution in [2.45, 2.75) is 39.5 Å². The quantitative estimate of drug-likeness (QED) is 0.668. The van der Waals surface area contributed by atoms with Gasteiger partial charge in [-0.2, -0.15) is 0 Å². The average molecular weight is 196 g/mol. The lowest BCUT2D eigenvalue weighted by molar-refractivity contribution is 0.0985. The van der Waals surface area contributed by atoms with Gasteiger partial charge in [-0.1, -0.05) is 20.8 Å². The van der Waals surface area contributed by atoms with Crippen LogP contribution in [0.5, 0.6) is 0 Å². The van der Waals surface area contributed by atoms with E-state index >= 15 is 0 Å². The molecule has 1 aromatic rings. The fraction of sp³-hybridized carbons (Fsp3) is 0.545. The normalized spacial score (nSPS) is 10.8. The van der Waals surface area contributed by atoms with Crippen LogP contribution in [0.2, 0.25) is 0 Å². The van der Waals surface area contributed by atoms with Crippen molar-refractivity contribution in [3.63, 3.8) is 0 Å². The molecule has 1 heterocycles. The minimum atomic E-state index is 0.291. The van der Waals surface area contributed by atoms with Crippen molar-refractivity contribution in [3.8, 4) is 0 Å². The molecule has 0 N–H and O–H groups in total. The van der Waals surface area contributed by atoms with Crippen molar-refractivity contribution in [2.75, 3.05) is 0 Å². The van der Waals surface area contributed by atoms with Gasteiger partial charge in [0.2, 0.25) is 0 Å². The van der Waals surface area contributed by atoms with Crippen LogP contribution in [-0.2, 0) is 0 Å². The first-order chi connectivity index (χ1) is 6.15. The summed E-state index contributed by atoms with van der Waals surface area (Å²) in [5.74, 6) is 0.826. The van der Waals surface area contributed by atoms with E-state index in [9.17, 15) is 4.79 Å². The number of hydrogen-bond donors (Lipinski definition) is 0. The molecule has 1 rings (SSSR count). The number of carbonyl (C=O) groups is 1. The summed E-state index contributed by atoms with van der Waals surface area (Å²) in [5, 5.41) is 0. The minimum absolute atomic E-state index is 0.291. The first kappa shape index (κ1) is 10.5. The van der Waals surface area contributed by atoms with E-state index in [2.05, 4.69) is 19.9 Å². The monoisotopic (exact) mass is 196 g/mol. The third-order valence-corrected chi connectivity index (χ3v) is 3.37. The molecule has 0 spiro atoms. The number of thiophene rings is 1. The van der Waals surface area contributed by atoms with E-state index in [0.717, 1.165) is 11.3 Å². The number of ketones is 1. The Morgan fingerprint density at radius 1 is 1.46 bits per heavy atom. The summed E-state index contributed by atoms with van der Waals surface area (Å²) >= 11 is 1.64. The van der Waals surface area contributed by atoms with Crippen LogP contribution in [0.3, 0.4) is 0 Å². The number of hydrogen-bond acceptors (Lipinski definition) is 2. The molecule has 2 heteroatoms. The van der Waals surface area contributed by atoms with Crippen LogP contribution in [-0.4, -0.2) is 5.78 Å². The molecule has 0 bridgehead atoms. The predicted molar refractivity (Wildman–Crippen MR) is 57.6 cm³/mol. The molecule has 0 radical (unpaired) electrons. The molecule has 0 aromatic carbocycles. The van der Waals surface area contributed by atoms with Gasteiger partial charge in [0.15, 0.2) is 5.78 Å². The Balaban J connectivity index is 2.73. The minimum Gasteiger partial charge on any atom is -0.293 e. The Kier molecular flexibility index (Phi) is 3.67. The summed E-state index contributed by atoms with van der Waals surface area (Å²) in [7, 11) is 0. The van der Waals surface area contributed by atoms with Gasteiger partial charge < -0.3 is 0 Å². The maximum absolute atomic E-state index is 11.5. The molecule has 0 aliphatic rings. The van der Waals surface area contributed by atoms with E-state index in [1.807, 2.05) is 13.0 Å². The highest BCUT2D eigenvalue weighted by atomic mass is 32.1.